The van der Waals surface area contributed by atoms with Crippen LogP contribution < -0.4 is 0 Å². The molecule has 0 spiro atoms. The Balaban J connectivity index is 2.51. The van der Waals surface area contributed by atoms with E-state index in [1.165, 1.54) is 6.07 Å². The van der Waals surface area contributed by atoms with E-state index in [0.29, 0.717) is 11.1 Å². The summed E-state index contributed by atoms with van der Waals surface area (Å²) in [6, 6.07) is 6.73. The Hall–Kier alpha value is -1.88. The zero-order chi connectivity index (χ0) is 13.2. The third-order valence-electron chi connectivity index (χ3n) is 2.58. The Morgan fingerprint density at radius 1 is 1.17 bits per heavy atom. The normalized spacial score (nSPS) is 11.6. The van der Waals surface area contributed by atoms with E-state index < -0.39 is 18.3 Å². The van der Waals surface area contributed by atoms with Gasteiger partial charge in [0.2, 0.25) is 0 Å². The molecular weight excluding hydrogens is 243 g/mol. The molecule has 0 saturated heterocycles. The van der Waals surface area contributed by atoms with Crippen molar-refractivity contribution >= 4 is 0 Å². The molecule has 0 aliphatic heterocycles. The zero-order valence-corrected chi connectivity index (χ0v) is 9.28. The fraction of sp³-hybridized carbons (Fsp3) is 0.154. The average Bonchev–Trinajstić information content (AvgIpc) is 2.38. The van der Waals surface area contributed by atoms with Crippen molar-refractivity contribution in [1.29, 1.82) is 0 Å². The molecule has 0 saturated carbocycles. The van der Waals surface area contributed by atoms with E-state index in [-0.39, 0.29) is 5.56 Å². The minimum absolute atomic E-state index is 0.234. The fourth-order valence-corrected chi connectivity index (χ4v) is 1.70. The number of aliphatic hydroxyl groups excluding tert-OH is 1. The predicted octanol–water partition coefficient (Wildman–Crippen LogP) is 3.26. The first-order chi connectivity index (χ1) is 8.52. The highest BCUT2D eigenvalue weighted by Gasteiger charge is 2.30. The topological polar surface area (TPSA) is 33.1 Å². The number of alkyl halides is 3. The van der Waals surface area contributed by atoms with Crippen LogP contribution in [0.4, 0.5) is 13.2 Å². The molecule has 0 radical (unpaired) electrons. The van der Waals surface area contributed by atoms with Gasteiger partial charge in [-0.1, -0.05) is 12.1 Å². The number of aliphatic hydroxyl groups is 1. The predicted molar refractivity (Wildman–Crippen MR) is 60.6 cm³/mol. The van der Waals surface area contributed by atoms with Gasteiger partial charge in [0.1, 0.15) is 0 Å². The first kappa shape index (κ1) is 12.6. The van der Waals surface area contributed by atoms with Gasteiger partial charge in [0, 0.05) is 18.0 Å². The first-order valence-corrected chi connectivity index (χ1v) is 5.24. The molecule has 0 amide bonds. The molecule has 94 valence electrons. The Bertz CT molecular complexity index is 538. The minimum atomic E-state index is -4.41. The van der Waals surface area contributed by atoms with E-state index in [4.69, 9.17) is 0 Å². The highest BCUT2D eigenvalue weighted by molar-refractivity contribution is 5.67. The van der Waals surface area contributed by atoms with Crippen LogP contribution in [-0.2, 0) is 12.8 Å². The summed E-state index contributed by atoms with van der Waals surface area (Å²) in [5.41, 5.74) is 0.700. The van der Waals surface area contributed by atoms with Gasteiger partial charge in [-0.2, -0.15) is 13.2 Å². The van der Waals surface area contributed by atoms with E-state index >= 15 is 0 Å². The van der Waals surface area contributed by atoms with Crippen LogP contribution in [-0.4, -0.2) is 10.1 Å². The van der Waals surface area contributed by atoms with Crippen LogP contribution in [0.1, 0.15) is 11.1 Å². The lowest BCUT2D eigenvalue weighted by molar-refractivity contribution is -0.137. The van der Waals surface area contributed by atoms with Gasteiger partial charge in [-0.15, -0.1) is 0 Å². The summed E-state index contributed by atoms with van der Waals surface area (Å²) in [6.45, 7) is -0.450. The second-order valence-corrected chi connectivity index (χ2v) is 3.77. The van der Waals surface area contributed by atoms with E-state index in [1.807, 2.05) is 0 Å². The van der Waals surface area contributed by atoms with Crippen LogP contribution in [0.15, 0.2) is 42.7 Å². The molecule has 0 atom stereocenters. The third-order valence-corrected chi connectivity index (χ3v) is 2.58. The molecule has 0 aliphatic carbocycles. The number of aromatic nitrogens is 1. The van der Waals surface area contributed by atoms with Gasteiger partial charge in [0.05, 0.1) is 12.2 Å². The summed E-state index contributed by atoms with van der Waals surface area (Å²) in [5, 5.41) is 9.18. The van der Waals surface area contributed by atoms with E-state index in [2.05, 4.69) is 4.98 Å². The molecule has 1 heterocycles. The van der Waals surface area contributed by atoms with Crippen molar-refractivity contribution in [3.8, 4) is 11.1 Å². The van der Waals surface area contributed by atoms with Crippen LogP contribution in [0.3, 0.4) is 0 Å². The molecule has 0 aliphatic rings. The average molecular weight is 253 g/mol. The number of halogens is 3. The number of hydrogen-bond donors (Lipinski definition) is 1. The number of rotatable bonds is 2. The van der Waals surface area contributed by atoms with Crippen LogP contribution >= 0.6 is 0 Å². The molecule has 1 N–H and O–H groups in total. The maximum atomic E-state index is 12.5. The van der Waals surface area contributed by atoms with Gasteiger partial charge in [-0.05, 0) is 29.3 Å². The summed E-state index contributed by atoms with van der Waals surface area (Å²) >= 11 is 0. The summed E-state index contributed by atoms with van der Waals surface area (Å²) in [6.07, 6.45) is -1.29. The van der Waals surface area contributed by atoms with Crippen molar-refractivity contribution in [2.24, 2.45) is 0 Å². The van der Waals surface area contributed by atoms with Crippen molar-refractivity contribution in [2.45, 2.75) is 12.8 Å². The van der Waals surface area contributed by atoms with Crippen LogP contribution in [0.2, 0.25) is 0 Å². The molecule has 0 bridgehead atoms. The molecule has 5 heteroatoms. The minimum Gasteiger partial charge on any atom is -0.392 e. The molecule has 0 fully saturated rings. The van der Waals surface area contributed by atoms with Gasteiger partial charge in [0.25, 0.3) is 0 Å². The summed E-state index contributed by atoms with van der Waals surface area (Å²) < 4.78 is 37.6. The Morgan fingerprint density at radius 2 is 1.94 bits per heavy atom. The van der Waals surface area contributed by atoms with E-state index in [0.717, 1.165) is 12.1 Å². The van der Waals surface area contributed by atoms with Crippen LogP contribution in [0.5, 0.6) is 0 Å². The van der Waals surface area contributed by atoms with Gasteiger partial charge in [0.15, 0.2) is 0 Å². The zero-order valence-electron chi connectivity index (χ0n) is 9.28. The number of benzene rings is 1. The number of nitrogens with zero attached hydrogens (tertiary/aromatic N) is 1. The Labute approximate surface area is 102 Å². The lowest BCUT2D eigenvalue weighted by atomic mass is 9.99. The molecule has 2 aromatic rings. The van der Waals surface area contributed by atoms with Gasteiger partial charge in [-0.3, -0.25) is 4.98 Å². The summed E-state index contributed by atoms with van der Waals surface area (Å²) in [7, 11) is 0. The first-order valence-electron chi connectivity index (χ1n) is 5.24. The maximum Gasteiger partial charge on any atom is 0.416 e. The third kappa shape index (κ3) is 2.51. The monoisotopic (exact) mass is 253 g/mol. The van der Waals surface area contributed by atoms with Crippen LogP contribution in [0, 0.1) is 0 Å². The second kappa shape index (κ2) is 4.78. The second-order valence-electron chi connectivity index (χ2n) is 3.77. The van der Waals surface area contributed by atoms with Gasteiger partial charge in [-0.25, -0.2) is 0 Å². The molecule has 1 aromatic carbocycles. The van der Waals surface area contributed by atoms with Crippen molar-refractivity contribution in [3.63, 3.8) is 0 Å². The standard InChI is InChI=1S/C13H10F3NO/c14-13(15,16)11-3-4-12(10(6-11)8-18)9-2-1-5-17-7-9/h1-7,18H,8H2. The molecule has 0 unspecified atom stereocenters. The smallest absolute Gasteiger partial charge is 0.392 e. The Morgan fingerprint density at radius 3 is 2.50 bits per heavy atom. The van der Waals surface area contributed by atoms with Gasteiger partial charge < -0.3 is 5.11 Å². The number of pyridine rings is 1. The molecule has 2 nitrogen and oxygen atoms in total. The molecule has 2 rings (SSSR count). The lowest BCUT2D eigenvalue weighted by Gasteiger charge is -2.12. The fourth-order valence-electron chi connectivity index (χ4n) is 1.70. The molecule has 1 aromatic heterocycles. The highest BCUT2D eigenvalue weighted by Crippen LogP contribution is 2.33. The quantitative estimate of drug-likeness (QED) is 0.891. The molecular formula is C13H10F3NO. The van der Waals surface area contributed by atoms with Gasteiger partial charge >= 0.3 is 6.18 Å². The lowest BCUT2D eigenvalue weighted by Crippen LogP contribution is -2.06. The summed E-state index contributed by atoms with van der Waals surface area (Å²) in [4.78, 5) is 3.90. The Kier molecular flexibility index (Phi) is 3.34. The largest absolute Gasteiger partial charge is 0.416 e. The van der Waals surface area contributed by atoms with E-state index in [1.54, 1.807) is 24.5 Å². The number of hydrogen-bond acceptors (Lipinski definition) is 2. The van der Waals surface area contributed by atoms with Crippen molar-refractivity contribution in [3.05, 3.63) is 53.9 Å². The SMILES string of the molecule is OCc1cc(C(F)(F)F)ccc1-c1cccnc1. The molecule has 18 heavy (non-hydrogen) atoms. The highest BCUT2D eigenvalue weighted by atomic mass is 19.4. The van der Waals surface area contributed by atoms with Crippen LogP contribution in [0.25, 0.3) is 11.1 Å². The van der Waals surface area contributed by atoms with Crippen molar-refractivity contribution in [2.75, 3.05) is 0 Å². The van der Waals surface area contributed by atoms with E-state index in [9.17, 15) is 18.3 Å². The van der Waals surface area contributed by atoms with Crippen molar-refractivity contribution < 1.29 is 18.3 Å². The summed E-state index contributed by atoms with van der Waals surface area (Å²) in [5.74, 6) is 0. The maximum absolute atomic E-state index is 12.5. The van der Waals surface area contributed by atoms with Crippen molar-refractivity contribution in [1.82, 2.24) is 4.98 Å².